The largest absolute Gasteiger partial charge is 0.465 e. The second-order valence-corrected chi connectivity index (χ2v) is 5.00. The highest BCUT2D eigenvalue weighted by Crippen LogP contribution is 2.06. The summed E-state index contributed by atoms with van der Waals surface area (Å²) in [6.45, 7) is 7.74. The second-order valence-electron chi connectivity index (χ2n) is 5.00. The lowest BCUT2D eigenvalue weighted by molar-refractivity contribution is 0.0600. The maximum absolute atomic E-state index is 11.3. The molecule has 116 valence electrons. The predicted octanol–water partition coefficient (Wildman–Crippen LogP) is 1.98. The van der Waals surface area contributed by atoms with Crippen LogP contribution in [-0.4, -0.2) is 38.2 Å². The molecule has 5 nitrogen and oxygen atoms in total. The van der Waals surface area contributed by atoms with Crippen LogP contribution in [0.3, 0.4) is 0 Å². The molecule has 0 atom stereocenters. The van der Waals surface area contributed by atoms with E-state index in [1.807, 2.05) is 19.1 Å². The monoisotopic (exact) mass is 291 g/mol. The van der Waals surface area contributed by atoms with E-state index in [-0.39, 0.29) is 5.97 Å². The van der Waals surface area contributed by atoms with Crippen molar-refractivity contribution < 1.29 is 9.53 Å². The van der Waals surface area contributed by atoms with Gasteiger partial charge in [0.05, 0.1) is 12.7 Å². The molecule has 0 aliphatic rings. The van der Waals surface area contributed by atoms with E-state index in [1.54, 1.807) is 12.1 Å². The van der Waals surface area contributed by atoms with Crippen LogP contribution in [0.1, 0.15) is 36.7 Å². The van der Waals surface area contributed by atoms with Crippen LogP contribution in [0.2, 0.25) is 0 Å². The van der Waals surface area contributed by atoms with E-state index in [9.17, 15) is 4.79 Å². The normalized spacial score (nSPS) is 11.4. The first kappa shape index (κ1) is 17.0. The Morgan fingerprint density at radius 2 is 1.95 bits per heavy atom. The number of aliphatic imine (C=N–C) groups is 1. The van der Waals surface area contributed by atoms with E-state index >= 15 is 0 Å². The molecule has 21 heavy (non-hydrogen) atoms. The van der Waals surface area contributed by atoms with Crippen LogP contribution in [0.5, 0.6) is 0 Å². The van der Waals surface area contributed by atoms with Crippen LogP contribution in [0.25, 0.3) is 0 Å². The molecule has 1 aromatic rings. The summed E-state index contributed by atoms with van der Waals surface area (Å²) in [5.74, 6) is 0.522. The number of hydrogen-bond acceptors (Lipinski definition) is 3. The molecule has 0 aromatic heterocycles. The number of hydrogen-bond donors (Lipinski definition) is 2. The lowest BCUT2D eigenvalue weighted by Gasteiger charge is -2.13. The van der Waals surface area contributed by atoms with Gasteiger partial charge >= 0.3 is 5.97 Å². The number of ether oxygens (including phenoxy) is 1. The Hall–Kier alpha value is -2.04. The van der Waals surface area contributed by atoms with Crippen molar-refractivity contribution >= 4 is 11.9 Å². The third-order valence-corrected chi connectivity index (χ3v) is 2.82. The summed E-state index contributed by atoms with van der Waals surface area (Å²) >= 11 is 0. The number of esters is 1. The molecule has 0 bridgehead atoms. The molecular weight excluding hydrogens is 266 g/mol. The number of nitrogens with one attached hydrogen (secondary N) is 2. The third-order valence-electron chi connectivity index (χ3n) is 2.82. The van der Waals surface area contributed by atoms with Gasteiger partial charge in [-0.05, 0) is 44.9 Å². The first-order valence-corrected chi connectivity index (χ1v) is 7.29. The Labute approximate surface area is 126 Å². The van der Waals surface area contributed by atoms with Crippen molar-refractivity contribution in [2.75, 3.05) is 20.2 Å². The molecule has 0 radical (unpaired) electrons. The fourth-order valence-electron chi connectivity index (χ4n) is 1.82. The molecule has 0 saturated heterocycles. The zero-order valence-corrected chi connectivity index (χ0v) is 13.3. The highest BCUT2D eigenvalue weighted by molar-refractivity contribution is 5.89. The summed E-state index contributed by atoms with van der Waals surface area (Å²) in [4.78, 5) is 15.9. The number of nitrogens with zero attached hydrogens (tertiary/aromatic N) is 1. The highest BCUT2D eigenvalue weighted by atomic mass is 16.5. The first-order chi connectivity index (χ1) is 10.1. The van der Waals surface area contributed by atoms with Gasteiger partial charge in [0.2, 0.25) is 0 Å². The van der Waals surface area contributed by atoms with E-state index in [2.05, 4.69) is 34.2 Å². The Bertz CT molecular complexity index is 467. The molecule has 0 aliphatic heterocycles. The zero-order valence-electron chi connectivity index (χ0n) is 13.3. The van der Waals surface area contributed by atoms with Crippen molar-refractivity contribution in [1.29, 1.82) is 0 Å². The number of methoxy groups -OCH3 is 1. The van der Waals surface area contributed by atoms with E-state index in [0.29, 0.717) is 18.2 Å². The molecule has 5 heteroatoms. The van der Waals surface area contributed by atoms with Gasteiger partial charge in [-0.1, -0.05) is 12.1 Å². The fraction of sp³-hybridized carbons (Fsp3) is 0.500. The lowest BCUT2D eigenvalue weighted by atomic mass is 10.1. The SMILES string of the molecule is CCNC(=NCCc1ccc(C(=O)OC)cc1)NC(C)C. The van der Waals surface area contributed by atoms with Crippen molar-refractivity contribution in [3.05, 3.63) is 35.4 Å². The molecule has 0 amide bonds. The van der Waals surface area contributed by atoms with Crippen LogP contribution in [0.15, 0.2) is 29.3 Å². The van der Waals surface area contributed by atoms with Crippen LogP contribution < -0.4 is 10.6 Å². The first-order valence-electron chi connectivity index (χ1n) is 7.29. The minimum Gasteiger partial charge on any atom is -0.465 e. The number of rotatable bonds is 6. The summed E-state index contributed by atoms with van der Waals surface area (Å²) in [7, 11) is 1.38. The predicted molar refractivity (Wildman–Crippen MR) is 85.7 cm³/mol. The molecule has 0 spiro atoms. The van der Waals surface area contributed by atoms with E-state index in [1.165, 1.54) is 7.11 Å². The Morgan fingerprint density at radius 1 is 1.29 bits per heavy atom. The average Bonchev–Trinajstić information content (AvgIpc) is 2.46. The highest BCUT2D eigenvalue weighted by Gasteiger charge is 2.04. The van der Waals surface area contributed by atoms with Crippen LogP contribution >= 0.6 is 0 Å². The molecule has 0 unspecified atom stereocenters. The van der Waals surface area contributed by atoms with Crippen molar-refractivity contribution in [3.8, 4) is 0 Å². The van der Waals surface area contributed by atoms with Crippen molar-refractivity contribution in [3.63, 3.8) is 0 Å². The van der Waals surface area contributed by atoms with E-state index in [4.69, 9.17) is 0 Å². The summed E-state index contributed by atoms with van der Waals surface area (Å²) in [6, 6.07) is 7.78. The summed E-state index contributed by atoms with van der Waals surface area (Å²) in [6.07, 6.45) is 0.829. The van der Waals surface area contributed by atoms with Gasteiger partial charge in [0.1, 0.15) is 0 Å². The Balaban J connectivity index is 2.55. The van der Waals surface area contributed by atoms with Crippen LogP contribution in [0.4, 0.5) is 0 Å². The van der Waals surface area contributed by atoms with Gasteiger partial charge in [0.25, 0.3) is 0 Å². The second kappa shape index (κ2) is 9.00. The number of benzene rings is 1. The van der Waals surface area contributed by atoms with Gasteiger partial charge in [-0.25, -0.2) is 4.79 Å². The van der Waals surface area contributed by atoms with Crippen molar-refractivity contribution in [1.82, 2.24) is 10.6 Å². The maximum Gasteiger partial charge on any atom is 0.337 e. The van der Waals surface area contributed by atoms with Gasteiger partial charge in [0, 0.05) is 19.1 Å². The smallest absolute Gasteiger partial charge is 0.337 e. The number of guanidine groups is 1. The molecule has 0 heterocycles. The van der Waals surface area contributed by atoms with Gasteiger partial charge in [-0.15, -0.1) is 0 Å². The molecule has 0 saturated carbocycles. The standard InChI is InChI=1S/C16H25N3O2/c1-5-17-16(19-12(2)3)18-11-10-13-6-8-14(9-7-13)15(20)21-4/h6-9,12H,5,10-11H2,1-4H3,(H2,17,18,19). The lowest BCUT2D eigenvalue weighted by Crippen LogP contribution is -2.41. The van der Waals surface area contributed by atoms with E-state index in [0.717, 1.165) is 24.5 Å². The molecule has 0 aliphatic carbocycles. The molecular formula is C16H25N3O2. The average molecular weight is 291 g/mol. The van der Waals surface area contributed by atoms with Crippen molar-refractivity contribution in [2.45, 2.75) is 33.2 Å². The van der Waals surface area contributed by atoms with Crippen LogP contribution in [-0.2, 0) is 11.2 Å². The van der Waals surface area contributed by atoms with Gasteiger partial charge in [0.15, 0.2) is 5.96 Å². The number of carbonyl (C=O) groups excluding carboxylic acids is 1. The molecule has 0 fully saturated rings. The minimum atomic E-state index is -0.310. The molecule has 2 N–H and O–H groups in total. The fourth-order valence-corrected chi connectivity index (χ4v) is 1.82. The van der Waals surface area contributed by atoms with Gasteiger partial charge in [-0.2, -0.15) is 0 Å². The summed E-state index contributed by atoms with van der Waals surface area (Å²) in [5.41, 5.74) is 1.71. The maximum atomic E-state index is 11.3. The Morgan fingerprint density at radius 3 is 2.48 bits per heavy atom. The van der Waals surface area contributed by atoms with E-state index < -0.39 is 0 Å². The number of carbonyl (C=O) groups is 1. The van der Waals surface area contributed by atoms with Gasteiger partial charge < -0.3 is 15.4 Å². The Kier molecular flexibility index (Phi) is 7.29. The quantitative estimate of drug-likeness (QED) is 0.478. The minimum absolute atomic E-state index is 0.310. The summed E-state index contributed by atoms with van der Waals surface area (Å²) < 4.78 is 4.68. The molecule has 1 aromatic carbocycles. The molecule has 1 rings (SSSR count). The topological polar surface area (TPSA) is 62.7 Å². The zero-order chi connectivity index (χ0) is 15.7. The van der Waals surface area contributed by atoms with Crippen molar-refractivity contribution in [2.24, 2.45) is 4.99 Å². The van der Waals surface area contributed by atoms with Gasteiger partial charge in [-0.3, -0.25) is 4.99 Å². The third kappa shape index (κ3) is 6.29. The summed E-state index contributed by atoms with van der Waals surface area (Å²) in [5, 5.41) is 6.49. The van der Waals surface area contributed by atoms with Crippen LogP contribution in [0, 0.1) is 0 Å².